The summed E-state index contributed by atoms with van der Waals surface area (Å²) >= 11 is 0. The highest BCUT2D eigenvalue weighted by Gasteiger charge is 2.14. The highest BCUT2D eigenvalue weighted by molar-refractivity contribution is 5.51. The molecule has 1 rings (SSSR count). The van der Waals surface area contributed by atoms with Crippen molar-refractivity contribution in [3.63, 3.8) is 0 Å². The van der Waals surface area contributed by atoms with Gasteiger partial charge in [0.05, 0.1) is 19.8 Å². The van der Waals surface area contributed by atoms with Gasteiger partial charge in [-0.1, -0.05) is 0 Å². The molecule has 120 valence electrons. The lowest BCUT2D eigenvalue weighted by atomic mass is 10.1. The molecule has 0 bridgehead atoms. The van der Waals surface area contributed by atoms with Gasteiger partial charge in [0.15, 0.2) is 0 Å². The first-order valence-electron chi connectivity index (χ1n) is 7.82. The van der Waals surface area contributed by atoms with Crippen LogP contribution in [0.3, 0.4) is 0 Å². The van der Waals surface area contributed by atoms with E-state index in [4.69, 9.17) is 14.2 Å². The van der Waals surface area contributed by atoms with Crippen molar-refractivity contribution >= 4 is 0 Å². The Labute approximate surface area is 129 Å². The molecule has 0 amide bonds. The molecule has 0 aliphatic rings. The summed E-state index contributed by atoms with van der Waals surface area (Å²) in [6.07, 6.45) is 2.01. The zero-order valence-electron chi connectivity index (χ0n) is 14.1. The zero-order valence-corrected chi connectivity index (χ0v) is 14.1. The van der Waals surface area contributed by atoms with Crippen LogP contribution in [0.25, 0.3) is 0 Å². The van der Waals surface area contributed by atoms with Crippen molar-refractivity contribution in [3.8, 4) is 17.2 Å². The fourth-order valence-corrected chi connectivity index (χ4v) is 2.23. The topological polar surface area (TPSA) is 30.9 Å². The SMILES string of the molecule is CCOc1cc(OCC)c(CCCN(C)C)c(OCC)c1. The molecule has 0 aromatic heterocycles. The van der Waals surface area contributed by atoms with E-state index < -0.39 is 0 Å². The van der Waals surface area contributed by atoms with Gasteiger partial charge in [0, 0.05) is 17.7 Å². The first kappa shape index (κ1) is 17.6. The summed E-state index contributed by atoms with van der Waals surface area (Å²) in [6.45, 7) is 8.94. The predicted octanol–water partition coefficient (Wildman–Crippen LogP) is 3.38. The minimum absolute atomic E-state index is 0.636. The second kappa shape index (κ2) is 9.50. The molecular weight excluding hydrogens is 266 g/mol. The van der Waals surface area contributed by atoms with E-state index in [0.717, 1.165) is 42.2 Å². The molecule has 4 nitrogen and oxygen atoms in total. The number of ether oxygens (including phenoxy) is 3. The number of rotatable bonds is 10. The van der Waals surface area contributed by atoms with E-state index in [1.165, 1.54) is 0 Å². The maximum atomic E-state index is 5.79. The first-order chi connectivity index (χ1) is 10.1. The van der Waals surface area contributed by atoms with E-state index in [1.807, 2.05) is 32.9 Å². The summed E-state index contributed by atoms with van der Waals surface area (Å²) in [5.41, 5.74) is 1.14. The van der Waals surface area contributed by atoms with Gasteiger partial charge in [-0.2, -0.15) is 0 Å². The third-order valence-corrected chi connectivity index (χ3v) is 3.08. The summed E-state index contributed by atoms with van der Waals surface area (Å²) in [5.74, 6) is 2.57. The molecule has 0 heterocycles. The highest BCUT2D eigenvalue weighted by Crippen LogP contribution is 2.35. The molecule has 1 aromatic carbocycles. The quantitative estimate of drug-likeness (QED) is 0.662. The van der Waals surface area contributed by atoms with E-state index in [1.54, 1.807) is 0 Å². The third-order valence-electron chi connectivity index (χ3n) is 3.08. The summed E-state index contributed by atoms with van der Waals surface area (Å²) in [5, 5.41) is 0. The summed E-state index contributed by atoms with van der Waals surface area (Å²) in [4.78, 5) is 2.19. The highest BCUT2D eigenvalue weighted by atomic mass is 16.5. The van der Waals surface area contributed by atoms with Crippen molar-refractivity contribution in [2.45, 2.75) is 33.6 Å². The fraction of sp³-hybridized carbons (Fsp3) is 0.647. The normalized spacial score (nSPS) is 10.8. The smallest absolute Gasteiger partial charge is 0.129 e. The molecule has 0 saturated heterocycles. The number of hydrogen-bond acceptors (Lipinski definition) is 4. The second-order valence-corrected chi connectivity index (χ2v) is 5.10. The van der Waals surface area contributed by atoms with Crippen LogP contribution in [0.5, 0.6) is 17.2 Å². The lowest BCUT2D eigenvalue weighted by Crippen LogP contribution is -2.14. The largest absolute Gasteiger partial charge is 0.494 e. The van der Waals surface area contributed by atoms with Crippen molar-refractivity contribution in [1.29, 1.82) is 0 Å². The van der Waals surface area contributed by atoms with Crippen LogP contribution < -0.4 is 14.2 Å². The van der Waals surface area contributed by atoms with E-state index >= 15 is 0 Å². The number of hydrogen-bond donors (Lipinski definition) is 0. The molecule has 0 spiro atoms. The number of benzene rings is 1. The Kier molecular flexibility index (Phi) is 7.98. The summed E-state index contributed by atoms with van der Waals surface area (Å²) in [7, 11) is 4.18. The standard InChI is InChI=1S/C17H29NO3/c1-6-19-14-12-16(20-7-2)15(10-9-11-18(4)5)17(13-14)21-8-3/h12-13H,6-11H2,1-5H3. The van der Waals surface area contributed by atoms with Crippen LogP contribution >= 0.6 is 0 Å². The van der Waals surface area contributed by atoms with Crippen LogP contribution in [-0.4, -0.2) is 45.4 Å². The van der Waals surface area contributed by atoms with Gasteiger partial charge in [0.25, 0.3) is 0 Å². The van der Waals surface area contributed by atoms with Crippen molar-refractivity contribution in [3.05, 3.63) is 17.7 Å². The monoisotopic (exact) mass is 295 g/mol. The molecule has 1 aromatic rings. The molecule has 0 N–H and O–H groups in total. The van der Waals surface area contributed by atoms with Crippen LogP contribution in [0.1, 0.15) is 32.8 Å². The molecule has 0 atom stereocenters. The maximum Gasteiger partial charge on any atom is 0.129 e. The average Bonchev–Trinajstić information content (AvgIpc) is 2.42. The molecule has 0 saturated carbocycles. The van der Waals surface area contributed by atoms with Gasteiger partial charge in [-0.05, 0) is 54.3 Å². The van der Waals surface area contributed by atoms with Crippen LogP contribution in [0, 0.1) is 0 Å². The van der Waals surface area contributed by atoms with Crippen LogP contribution in [0.15, 0.2) is 12.1 Å². The molecule has 21 heavy (non-hydrogen) atoms. The molecule has 0 fully saturated rings. The Morgan fingerprint density at radius 2 is 1.38 bits per heavy atom. The van der Waals surface area contributed by atoms with Crippen molar-refractivity contribution in [2.75, 3.05) is 40.5 Å². The Morgan fingerprint density at radius 3 is 1.81 bits per heavy atom. The van der Waals surface area contributed by atoms with Gasteiger partial charge in [0.2, 0.25) is 0 Å². The van der Waals surface area contributed by atoms with E-state index in [0.29, 0.717) is 19.8 Å². The van der Waals surface area contributed by atoms with Gasteiger partial charge in [-0.25, -0.2) is 0 Å². The minimum Gasteiger partial charge on any atom is -0.494 e. The van der Waals surface area contributed by atoms with Crippen LogP contribution in [0.2, 0.25) is 0 Å². The van der Waals surface area contributed by atoms with Crippen molar-refractivity contribution < 1.29 is 14.2 Å². The minimum atomic E-state index is 0.636. The Hall–Kier alpha value is -1.42. The Bertz CT molecular complexity index is 391. The number of nitrogens with zero attached hydrogens (tertiary/aromatic N) is 1. The molecule has 0 unspecified atom stereocenters. The molecule has 0 aliphatic heterocycles. The van der Waals surface area contributed by atoms with Crippen molar-refractivity contribution in [1.82, 2.24) is 4.90 Å². The average molecular weight is 295 g/mol. The van der Waals surface area contributed by atoms with Gasteiger partial charge in [0.1, 0.15) is 17.2 Å². The van der Waals surface area contributed by atoms with Gasteiger partial charge >= 0.3 is 0 Å². The Morgan fingerprint density at radius 1 is 0.857 bits per heavy atom. The fourth-order valence-electron chi connectivity index (χ4n) is 2.23. The zero-order chi connectivity index (χ0) is 15.7. The van der Waals surface area contributed by atoms with E-state index in [-0.39, 0.29) is 0 Å². The van der Waals surface area contributed by atoms with E-state index in [9.17, 15) is 0 Å². The van der Waals surface area contributed by atoms with Crippen LogP contribution in [-0.2, 0) is 6.42 Å². The first-order valence-corrected chi connectivity index (χ1v) is 7.82. The summed E-state index contributed by atoms with van der Waals surface area (Å²) in [6, 6.07) is 3.95. The van der Waals surface area contributed by atoms with Gasteiger partial charge in [-0.15, -0.1) is 0 Å². The summed E-state index contributed by atoms with van der Waals surface area (Å²) < 4.78 is 17.2. The Balaban J connectivity index is 3.02. The van der Waals surface area contributed by atoms with Gasteiger partial charge in [-0.3, -0.25) is 0 Å². The molecular formula is C17H29NO3. The lowest BCUT2D eigenvalue weighted by molar-refractivity contribution is 0.300. The van der Waals surface area contributed by atoms with E-state index in [2.05, 4.69) is 19.0 Å². The maximum absolute atomic E-state index is 5.79. The predicted molar refractivity (Wildman–Crippen MR) is 86.8 cm³/mol. The molecule has 0 aliphatic carbocycles. The third kappa shape index (κ3) is 5.84. The lowest BCUT2D eigenvalue weighted by Gasteiger charge is -2.18. The molecule has 0 radical (unpaired) electrons. The van der Waals surface area contributed by atoms with Crippen LogP contribution in [0.4, 0.5) is 0 Å². The van der Waals surface area contributed by atoms with Crippen molar-refractivity contribution in [2.24, 2.45) is 0 Å². The molecule has 4 heteroatoms. The van der Waals surface area contributed by atoms with Gasteiger partial charge < -0.3 is 19.1 Å². The second-order valence-electron chi connectivity index (χ2n) is 5.10.